The van der Waals surface area contributed by atoms with E-state index in [1.807, 2.05) is 54.6 Å². The van der Waals surface area contributed by atoms with E-state index in [4.69, 9.17) is 9.57 Å². The molecule has 2 heterocycles. The molecule has 2 aromatic heterocycles. The summed E-state index contributed by atoms with van der Waals surface area (Å²) < 4.78 is 5.51. The summed E-state index contributed by atoms with van der Waals surface area (Å²) in [6.45, 7) is 0.387. The van der Waals surface area contributed by atoms with Crippen molar-refractivity contribution >= 4 is 23.0 Å². The summed E-state index contributed by atoms with van der Waals surface area (Å²) in [7, 11) is 1.45. The van der Waals surface area contributed by atoms with Crippen molar-refractivity contribution in [3.05, 3.63) is 89.7 Å². The van der Waals surface area contributed by atoms with Gasteiger partial charge in [0.2, 0.25) is 0 Å². The molecule has 0 aliphatic carbocycles. The number of hydroxylamine groups is 1. The van der Waals surface area contributed by atoms with Gasteiger partial charge in [-0.25, -0.2) is 10.5 Å². The Bertz CT molecular complexity index is 1260. The Morgan fingerprint density at radius 3 is 2.62 bits per heavy atom. The Hall–Kier alpha value is -4.30. The third-order valence-electron chi connectivity index (χ3n) is 4.81. The fourth-order valence-electron chi connectivity index (χ4n) is 3.28. The number of hydrogen-bond donors (Lipinski definition) is 2. The Morgan fingerprint density at radius 1 is 1.12 bits per heavy atom. The molecule has 1 amide bonds. The summed E-state index contributed by atoms with van der Waals surface area (Å²) in [6.07, 6.45) is 4.71. The molecule has 0 radical (unpaired) electrons. The zero-order valence-corrected chi connectivity index (χ0v) is 17.2. The molecular formula is C24H20N4O4. The van der Waals surface area contributed by atoms with Gasteiger partial charge in [-0.05, 0) is 17.2 Å². The standard InChI is InChI=1S/C24H20N4O4/c1-31-23-21(24(29)28-30)19-14-25-12-11-20(19)27-22(23)18-9-7-16(8-10-18)13-26-32-15-17-5-3-2-4-6-17/h2-14,30H,15H2,1H3,(H,28,29)/b26-13+. The van der Waals surface area contributed by atoms with Crippen molar-refractivity contribution in [3.8, 4) is 17.0 Å². The van der Waals surface area contributed by atoms with Crippen molar-refractivity contribution in [2.45, 2.75) is 6.61 Å². The number of carbonyl (C=O) groups excluding carboxylic acids is 1. The van der Waals surface area contributed by atoms with Crippen LogP contribution in [0, 0.1) is 0 Å². The highest BCUT2D eigenvalue weighted by molar-refractivity contribution is 6.09. The first-order valence-electron chi connectivity index (χ1n) is 9.77. The number of nitrogens with one attached hydrogen (secondary N) is 1. The Balaban J connectivity index is 1.61. The zero-order chi connectivity index (χ0) is 22.3. The molecule has 4 rings (SSSR count). The fourth-order valence-corrected chi connectivity index (χ4v) is 3.28. The predicted octanol–water partition coefficient (Wildman–Crippen LogP) is 3.98. The molecule has 32 heavy (non-hydrogen) atoms. The normalized spacial score (nSPS) is 10.9. The third-order valence-corrected chi connectivity index (χ3v) is 4.81. The number of fused-ring (bicyclic) bond motifs is 1. The van der Waals surface area contributed by atoms with Gasteiger partial charge in [-0.2, -0.15) is 0 Å². The Morgan fingerprint density at radius 2 is 1.91 bits per heavy atom. The minimum absolute atomic E-state index is 0.156. The van der Waals surface area contributed by atoms with Gasteiger partial charge in [0.15, 0.2) is 5.75 Å². The van der Waals surface area contributed by atoms with Crippen LogP contribution in [-0.2, 0) is 11.4 Å². The number of rotatable bonds is 7. The third kappa shape index (κ3) is 4.40. The second-order valence-electron chi connectivity index (χ2n) is 6.82. The summed E-state index contributed by atoms with van der Waals surface area (Å²) in [5, 5.41) is 13.7. The average Bonchev–Trinajstić information content (AvgIpc) is 2.86. The van der Waals surface area contributed by atoms with Crippen LogP contribution in [0.15, 0.2) is 78.2 Å². The highest BCUT2D eigenvalue weighted by atomic mass is 16.6. The molecule has 0 aliphatic rings. The molecule has 8 heteroatoms. The minimum atomic E-state index is -0.706. The van der Waals surface area contributed by atoms with E-state index in [-0.39, 0.29) is 11.3 Å². The van der Waals surface area contributed by atoms with E-state index in [0.29, 0.717) is 23.2 Å². The largest absolute Gasteiger partial charge is 0.494 e. The number of carbonyl (C=O) groups is 1. The van der Waals surface area contributed by atoms with Crippen LogP contribution in [0.1, 0.15) is 21.5 Å². The molecular weight excluding hydrogens is 408 g/mol. The van der Waals surface area contributed by atoms with E-state index < -0.39 is 5.91 Å². The van der Waals surface area contributed by atoms with E-state index in [1.165, 1.54) is 13.3 Å². The maximum absolute atomic E-state index is 12.4. The van der Waals surface area contributed by atoms with Crippen LogP contribution in [0.4, 0.5) is 0 Å². The van der Waals surface area contributed by atoms with Gasteiger partial charge in [0.05, 0.1) is 24.4 Å². The number of oxime groups is 1. The number of amides is 1. The summed E-state index contributed by atoms with van der Waals surface area (Å²) in [5.74, 6) is -0.465. The second-order valence-corrected chi connectivity index (χ2v) is 6.82. The van der Waals surface area contributed by atoms with Crippen LogP contribution in [0.5, 0.6) is 5.75 Å². The van der Waals surface area contributed by atoms with E-state index in [0.717, 1.165) is 16.7 Å². The number of methoxy groups -OCH3 is 1. The molecule has 0 fully saturated rings. The van der Waals surface area contributed by atoms with Crippen molar-refractivity contribution < 1.29 is 19.6 Å². The molecule has 0 unspecified atom stereocenters. The summed E-state index contributed by atoms with van der Waals surface area (Å²) in [4.78, 5) is 26.4. The lowest BCUT2D eigenvalue weighted by molar-refractivity contribution is 0.0705. The van der Waals surface area contributed by atoms with Crippen molar-refractivity contribution in [1.82, 2.24) is 15.4 Å². The molecule has 8 nitrogen and oxygen atoms in total. The molecule has 0 aliphatic heterocycles. The van der Waals surface area contributed by atoms with Gasteiger partial charge in [-0.1, -0.05) is 59.8 Å². The molecule has 0 saturated heterocycles. The van der Waals surface area contributed by atoms with Crippen molar-refractivity contribution in [3.63, 3.8) is 0 Å². The van der Waals surface area contributed by atoms with Gasteiger partial charge in [-0.3, -0.25) is 15.0 Å². The molecule has 0 saturated carbocycles. The van der Waals surface area contributed by atoms with Crippen LogP contribution in [-0.4, -0.2) is 34.4 Å². The topological polar surface area (TPSA) is 106 Å². The molecule has 0 atom stereocenters. The van der Waals surface area contributed by atoms with Crippen LogP contribution in [0.3, 0.4) is 0 Å². The van der Waals surface area contributed by atoms with Crippen molar-refractivity contribution in [2.75, 3.05) is 7.11 Å². The fraction of sp³-hybridized carbons (Fsp3) is 0.0833. The van der Waals surface area contributed by atoms with Gasteiger partial charge in [0.1, 0.15) is 12.3 Å². The molecule has 2 N–H and O–H groups in total. The summed E-state index contributed by atoms with van der Waals surface area (Å²) >= 11 is 0. The highest BCUT2D eigenvalue weighted by Crippen LogP contribution is 2.35. The summed E-state index contributed by atoms with van der Waals surface area (Å²) in [5.41, 5.74) is 5.44. The van der Waals surface area contributed by atoms with Crippen LogP contribution < -0.4 is 10.2 Å². The predicted molar refractivity (Wildman–Crippen MR) is 120 cm³/mol. The van der Waals surface area contributed by atoms with Crippen LogP contribution in [0.2, 0.25) is 0 Å². The van der Waals surface area contributed by atoms with Gasteiger partial charge in [-0.15, -0.1) is 0 Å². The van der Waals surface area contributed by atoms with Crippen molar-refractivity contribution in [2.24, 2.45) is 5.16 Å². The highest BCUT2D eigenvalue weighted by Gasteiger charge is 2.22. The van der Waals surface area contributed by atoms with E-state index in [2.05, 4.69) is 15.1 Å². The van der Waals surface area contributed by atoms with Gasteiger partial charge >= 0.3 is 0 Å². The Kier molecular flexibility index (Phi) is 6.33. The van der Waals surface area contributed by atoms with Gasteiger partial charge < -0.3 is 9.57 Å². The van der Waals surface area contributed by atoms with Crippen molar-refractivity contribution in [1.29, 1.82) is 0 Å². The molecule has 160 valence electrons. The first-order chi connectivity index (χ1) is 15.7. The van der Waals surface area contributed by atoms with E-state index in [1.54, 1.807) is 24.0 Å². The van der Waals surface area contributed by atoms with Crippen LogP contribution in [0.25, 0.3) is 22.2 Å². The number of hydrogen-bond acceptors (Lipinski definition) is 7. The monoisotopic (exact) mass is 428 g/mol. The van der Waals surface area contributed by atoms with Gasteiger partial charge in [0.25, 0.3) is 5.91 Å². The number of aromatic nitrogens is 2. The molecule has 0 bridgehead atoms. The van der Waals surface area contributed by atoms with Gasteiger partial charge in [0, 0.05) is 23.3 Å². The van der Waals surface area contributed by atoms with Crippen LogP contribution >= 0.6 is 0 Å². The van der Waals surface area contributed by atoms with E-state index >= 15 is 0 Å². The molecule has 4 aromatic rings. The number of pyridine rings is 2. The second kappa shape index (κ2) is 9.67. The maximum Gasteiger partial charge on any atom is 0.279 e. The lowest BCUT2D eigenvalue weighted by Crippen LogP contribution is -2.20. The maximum atomic E-state index is 12.4. The summed E-state index contributed by atoms with van der Waals surface area (Å²) in [6, 6.07) is 18.9. The SMILES string of the molecule is COc1c(-c2ccc(/C=N/OCc3ccccc3)cc2)nc2ccncc2c1C(=O)NO. The number of ether oxygens (including phenoxy) is 1. The van der Waals surface area contributed by atoms with E-state index in [9.17, 15) is 10.0 Å². The first kappa shape index (κ1) is 21.0. The first-order valence-corrected chi connectivity index (χ1v) is 9.77. The smallest absolute Gasteiger partial charge is 0.279 e. The lowest BCUT2D eigenvalue weighted by Gasteiger charge is -2.14. The molecule has 0 spiro atoms. The Labute approximate surface area is 184 Å². The molecule has 2 aromatic carbocycles. The number of benzene rings is 2. The minimum Gasteiger partial charge on any atom is -0.494 e. The average molecular weight is 428 g/mol. The lowest BCUT2D eigenvalue weighted by atomic mass is 10.0. The number of nitrogens with zero attached hydrogens (tertiary/aromatic N) is 3. The zero-order valence-electron chi connectivity index (χ0n) is 17.2. The quantitative estimate of drug-likeness (QED) is 0.262.